The van der Waals surface area contributed by atoms with E-state index in [1.165, 1.54) is 93.0 Å². The van der Waals surface area contributed by atoms with Crippen molar-refractivity contribution in [3.05, 3.63) is 125 Å². The summed E-state index contributed by atoms with van der Waals surface area (Å²) in [7, 11) is 0. The maximum Gasteiger partial charge on any atom is 0.0547 e. The molecule has 0 amide bonds. The second kappa shape index (κ2) is 7.94. The molecule has 0 unspecified atom stereocenters. The Morgan fingerprint density at radius 1 is 0.500 bits per heavy atom. The number of hydrogen-bond donors (Lipinski definition) is 0. The van der Waals surface area contributed by atoms with Crippen molar-refractivity contribution in [3.8, 4) is 27.9 Å². The molecule has 1 nitrogen and oxygen atoms in total. The molecule has 6 aliphatic carbocycles. The van der Waals surface area contributed by atoms with Crippen molar-refractivity contribution in [2.24, 2.45) is 23.7 Å². The third-order valence-corrected chi connectivity index (χ3v) is 13.2. The van der Waals surface area contributed by atoms with Gasteiger partial charge in [-0.3, -0.25) is 0 Å². The van der Waals surface area contributed by atoms with Crippen LogP contribution in [0.25, 0.3) is 49.7 Å². The molecule has 4 fully saturated rings. The van der Waals surface area contributed by atoms with E-state index in [-0.39, 0.29) is 10.8 Å². The first kappa shape index (κ1) is 24.2. The molecular weight excluding hydrogens is 530 g/mol. The molecule has 0 aliphatic heterocycles. The van der Waals surface area contributed by atoms with Gasteiger partial charge in [0.2, 0.25) is 0 Å². The number of rotatable bonds is 1. The SMILES string of the molecule is CC1(C)c2ccccc2-c2ccc(-n3c4ccccc4c4cc5c(cc43)-c3ccccc3C53C4CC5CC(C4)CC3C5)cc21. The first-order valence-electron chi connectivity index (χ1n) is 17.0. The molecule has 12 rings (SSSR count). The number of para-hydroxylation sites is 1. The Bertz CT molecular complexity index is 2200. The zero-order valence-corrected chi connectivity index (χ0v) is 25.6. The van der Waals surface area contributed by atoms with Crippen LogP contribution in [0.15, 0.2) is 103 Å². The number of benzene rings is 5. The van der Waals surface area contributed by atoms with Gasteiger partial charge in [0.25, 0.3) is 0 Å². The van der Waals surface area contributed by atoms with Gasteiger partial charge >= 0.3 is 0 Å². The summed E-state index contributed by atoms with van der Waals surface area (Å²) in [5.41, 5.74) is 16.0. The fourth-order valence-corrected chi connectivity index (χ4v) is 11.7. The molecule has 214 valence electrons. The summed E-state index contributed by atoms with van der Waals surface area (Å²) < 4.78 is 2.56. The van der Waals surface area contributed by atoms with Crippen LogP contribution in [0.5, 0.6) is 0 Å². The van der Waals surface area contributed by atoms with Crippen LogP contribution >= 0.6 is 0 Å². The quantitative estimate of drug-likeness (QED) is 0.186. The molecular formula is C43H37N. The predicted octanol–water partition coefficient (Wildman–Crippen LogP) is 10.8. The molecule has 4 saturated carbocycles. The Kier molecular flexibility index (Phi) is 4.37. The fraction of sp³-hybridized carbons (Fsp3) is 0.302. The van der Waals surface area contributed by atoms with Gasteiger partial charge in [-0.25, -0.2) is 0 Å². The first-order valence-corrected chi connectivity index (χ1v) is 17.0. The highest BCUT2D eigenvalue weighted by molar-refractivity contribution is 6.11. The van der Waals surface area contributed by atoms with E-state index in [0.29, 0.717) is 0 Å². The summed E-state index contributed by atoms with van der Waals surface area (Å²) >= 11 is 0. The van der Waals surface area contributed by atoms with Crippen LogP contribution in [-0.2, 0) is 10.8 Å². The molecule has 5 aromatic carbocycles. The molecule has 1 heterocycles. The van der Waals surface area contributed by atoms with Gasteiger partial charge in [-0.2, -0.15) is 0 Å². The average molecular weight is 568 g/mol. The van der Waals surface area contributed by atoms with E-state index in [9.17, 15) is 0 Å². The minimum Gasteiger partial charge on any atom is -0.309 e. The van der Waals surface area contributed by atoms with Gasteiger partial charge < -0.3 is 4.57 Å². The Morgan fingerprint density at radius 3 is 1.91 bits per heavy atom. The van der Waals surface area contributed by atoms with Crippen LogP contribution in [0.3, 0.4) is 0 Å². The van der Waals surface area contributed by atoms with Gasteiger partial charge in [0.15, 0.2) is 0 Å². The molecule has 4 bridgehead atoms. The van der Waals surface area contributed by atoms with E-state index in [1.807, 2.05) is 0 Å². The summed E-state index contributed by atoms with van der Waals surface area (Å²) in [5.74, 6) is 3.49. The van der Waals surface area contributed by atoms with Crippen molar-refractivity contribution in [3.63, 3.8) is 0 Å². The molecule has 0 saturated heterocycles. The van der Waals surface area contributed by atoms with Gasteiger partial charge in [-0.15, -0.1) is 0 Å². The van der Waals surface area contributed by atoms with Crippen LogP contribution in [0.2, 0.25) is 0 Å². The molecule has 44 heavy (non-hydrogen) atoms. The largest absolute Gasteiger partial charge is 0.309 e. The standard InChI is InChI=1S/C43H37N/c1-42(2)36-12-6-3-9-30(36)32-16-15-29(22-38(32)42)44-40-14-8-5-11-33(40)35-23-39-34(24-41(35)44)31-10-4-7-13-37(31)43(39)27-18-25-17-26(20-27)21-28(43)19-25/h3-16,22-28H,17-21H2,1-2H3. The third kappa shape index (κ3) is 2.71. The van der Waals surface area contributed by atoms with E-state index in [4.69, 9.17) is 0 Å². The van der Waals surface area contributed by atoms with E-state index < -0.39 is 0 Å². The van der Waals surface area contributed by atoms with E-state index >= 15 is 0 Å². The normalized spacial score (nSPS) is 28.0. The maximum atomic E-state index is 2.68. The highest BCUT2D eigenvalue weighted by Gasteiger charge is 2.61. The number of nitrogens with zero attached hydrogens (tertiary/aromatic N) is 1. The lowest BCUT2D eigenvalue weighted by molar-refractivity contribution is -0.0399. The van der Waals surface area contributed by atoms with Crippen molar-refractivity contribution in [2.45, 2.75) is 56.8 Å². The van der Waals surface area contributed by atoms with Crippen molar-refractivity contribution in [2.75, 3.05) is 0 Å². The molecule has 6 aromatic rings. The second-order valence-corrected chi connectivity index (χ2v) is 15.4. The zero-order valence-electron chi connectivity index (χ0n) is 25.6. The second-order valence-electron chi connectivity index (χ2n) is 15.4. The van der Waals surface area contributed by atoms with Crippen molar-refractivity contribution in [1.29, 1.82) is 0 Å². The van der Waals surface area contributed by atoms with Gasteiger partial charge in [-0.05, 0) is 131 Å². The fourth-order valence-electron chi connectivity index (χ4n) is 11.7. The summed E-state index contributed by atoms with van der Waals surface area (Å²) in [5, 5.41) is 2.80. The Morgan fingerprint density at radius 2 is 1.14 bits per heavy atom. The number of fused-ring (bicyclic) bond motifs is 9. The van der Waals surface area contributed by atoms with E-state index in [1.54, 1.807) is 11.1 Å². The molecule has 0 atom stereocenters. The van der Waals surface area contributed by atoms with Crippen LogP contribution in [0, 0.1) is 23.7 Å². The van der Waals surface area contributed by atoms with Gasteiger partial charge in [0.05, 0.1) is 11.0 Å². The van der Waals surface area contributed by atoms with Gasteiger partial charge in [-0.1, -0.05) is 86.6 Å². The average Bonchev–Trinajstić information content (AvgIpc) is 3.60. The molecule has 1 heteroatoms. The Balaban J connectivity index is 1.19. The van der Waals surface area contributed by atoms with Crippen molar-refractivity contribution >= 4 is 21.8 Å². The van der Waals surface area contributed by atoms with Crippen molar-refractivity contribution in [1.82, 2.24) is 4.57 Å². The van der Waals surface area contributed by atoms with Crippen LogP contribution in [-0.4, -0.2) is 4.57 Å². The first-order chi connectivity index (χ1) is 21.5. The number of hydrogen-bond acceptors (Lipinski definition) is 0. The van der Waals surface area contributed by atoms with Crippen molar-refractivity contribution < 1.29 is 0 Å². The van der Waals surface area contributed by atoms with Crippen LogP contribution < -0.4 is 0 Å². The lowest BCUT2D eigenvalue weighted by Gasteiger charge is -2.61. The molecule has 6 aliphatic rings. The number of aromatic nitrogens is 1. The lowest BCUT2D eigenvalue weighted by atomic mass is 9.43. The summed E-state index contributed by atoms with van der Waals surface area (Å²) in [6.07, 6.45) is 7.19. The zero-order chi connectivity index (χ0) is 28.9. The van der Waals surface area contributed by atoms with E-state index in [0.717, 1.165) is 23.7 Å². The summed E-state index contributed by atoms with van der Waals surface area (Å²) in [4.78, 5) is 0. The lowest BCUT2D eigenvalue weighted by Crippen LogP contribution is -2.55. The topological polar surface area (TPSA) is 4.93 Å². The molecule has 1 aromatic heterocycles. The minimum absolute atomic E-state index is 0.0211. The highest BCUT2D eigenvalue weighted by Crippen LogP contribution is 2.69. The molecule has 1 spiro atoms. The molecule has 0 radical (unpaired) electrons. The molecule has 0 N–H and O–H groups in total. The minimum atomic E-state index is -0.0211. The smallest absolute Gasteiger partial charge is 0.0547 e. The monoisotopic (exact) mass is 567 g/mol. The van der Waals surface area contributed by atoms with Gasteiger partial charge in [0.1, 0.15) is 0 Å². The van der Waals surface area contributed by atoms with Crippen LogP contribution in [0.4, 0.5) is 0 Å². The summed E-state index contributed by atoms with van der Waals surface area (Å²) in [6.45, 7) is 4.78. The Labute approximate surface area is 259 Å². The predicted molar refractivity (Wildman–Crippen MR) is 182 cm³/mol. The highest BCUT2D eigenvalue weighted by atomic mass is 15.0. The van der Waals surface area contributed by atoms with Gasteiger partial charge in [0, 0.05) is 27.3 Å². The third-order valence-electron chi connectivity index (χ3n) is 13.2. The van der Waals surface area contributed by atoms with E-state index in [2.05, 4.69) is 122 Å². The Hall–Kier alpha value is -4.10. The van der Waals surface area contributed by atoms with Crippen LogP contribution in [0.1, 0.15) is 68.2 Å². The summed E-state index contributed by atoms with van der Waals surface area (Å²) in [6, 6.07) is 40.2. The maximum absolute atomic E-state index is 2.68.